The standard InChI is InChI=1S/C14H7Cl2NO3S/c15-9-3-1-2-8(12(9)16)10-5-4-7(20-10)6-11-13(18)17-14(19)21-11/h1-6H,(H,17,18,19)/b11-6-. The lowest BCUT2D eigenvalue weighted by Gasteiger charge is -2.01. The normalized spacial score (nSPS) is 16.6. The van der Waals surface area contributed by atoms with Crippen LogP contribution in [0.5, 0.6) is 0 Å². The molecule has 7 heteroatoms. The number of imide groups is 1. The summed E-state index contributed by atoms with van der Waals surface area (Å²) in [5, 5.41) is 2.62. The zero-order valence-electron chi connectivity index (χ0n) is 10.4. The van der Waals surface area contributed by atoms with Crippen LogP contribution in [0.4, 0.5) is 4.79 Å². The highest BCUT2D eigenvalue weighted by Crippen LogP contribution is 2.35. The molecule has 2 heterocycles. The topological polar surface area (TPSA) is 59.3 Å². The number of rotatable bonds is 2. The third kappa shape index (κ3) is 2.85. The summed E-state index contributed by atoms with van der Waals surface area (Å²) in [7, 11) is 0. The molecule has 21 heavy (non-hydrogen) atoms. The van der Waals surface area contributed by atoms with E-state index in [9.17, 15) is 9.59 Å². The van der Waals surface area contributed by atoms with Gasteiger partial charge in [0.05, 0.1) is 15.0 Å². The van der Waals surface area contributed by atoms with Crippen molar-refractivity contribution in [2.75, 3.05) is 0 Å². The minimum absolute atomic E-state index is 0.290. The van der Waals surface area contributed by atoms with Crippen LogP contribution in [0.1, 0.15) is 5.76 Å². The van der Waals surface area contributed by atoms with Gasteiger partial charge in [0.25, 0.3) is 11.1 Å². The Morgan fingerprint density at radius 2 is 1.95 bits per heavy atom. The molecule has 0 saturated carbocycles. The lowest BCUT2D eigenvalue weighted by molar-refractivity contribution is -0.115. The molecule has 0 atom stereocenters. The fourth-order valence-corrected chi connectivity index (χ4v) is 2.88. The minimum Gasteiger partial charge on any atom is -0.457 e. The summed E-state index contributed by atoms with van der Waals surface area (Å²) in [6, 6.07) is 8.65. The van der Waals surface area contributed by atoms with Gasteiger partial charge >= 0.3 is 0 Å². The number of halogens is 2. The highest BCUT2D eigenvalue weighted by atomic mass is 35.5. The van der Waals surface area contributed by atoms with Crippen LogP contribution < -0.4 is 5.32 Å². The monoisotopic (exact) mass is 339 g/mol. The third-order valence-corrected chi connectivity index (χ3v) is 4.39. The largest absolute Gasteiger partial charge is 0.457 e. The molecular weight excluding hydrogens is 333 g/mol. The number of carbonyl (C=O) groups is 2. The van der Waals surface area contributed by atoms with Crippen molar-refractivity contribution in [1.82, 2.24) is 5.32 Å². The Balaban J connectivity index is 1.94. The number of furan rings is 1. The van der Waals surface area contributed by atoms with Gasteiger partial charge in [-0.15, -0.1) is 0 Å². The molecule has 0 bridgehead atoms. The molecule has 2 amide bonds. The van der Waals surface area contributed by atoms with Gasteiger partial charge in [-0.2, -0.15) is 0 Å². The molecule has 106 valence electrons. The van der Waals surface area contributed by atoms with Gasteiger partial charge in [-0.3, -0.25) is 14.9 Å². The maximum atomic E-state index is 11.5. The average Bonchev–Trinajstić information content (AvgIpc) is 3.01. The third-order valence-electron chi connectivity index (χ3n) is 2.76. The minimum atomic E-state index is -0.427. The maximum Gasteiger partial charge on any atom is 0.290 e. The summed E-state index contributed by atoms with van der Waals surface area (Å²) in [5.41, 5.74) is 0.661. The molecule has 1 aliphatic rings. The van der Waals surface area contributed by atoms with E-state index in [0.717, 1.165) is 11.8 Å². The fourth-order valence-electron chi connectivity index (χ4n) is 1.82. The van der Waals surface area contributed by atoms with Crippen LogP contribution >= 0.6 is 35.0 Å². The van der Waals surface area contributed by atoms with E-state index in [-0.39, 0.29) is 4.91 Å². The summed E-state index contributed by atoms with van der Waals surface area (Å²) >= 11 is 12.9. The first-order chi connectivity index (χ1) is 10.0. The summed E-state index contributed by atoms with van der Waals surface area (Å²) in [6.45, 7) is 0. The van der Waals surface area contributed by atoms with Crippen molar-refractivity contribution in [3.63, 3.8) is 0 Å². The summed E-state index contributed by atoms with van der Waals surface area (Å²) in [6.07, 6.45) is 1.51. The van der Waals surface area contributed by atoms with Crippen molar-refractivity contribution >= 4 is 52.2 Å². The van der Waals surface area contributed by atoms with Crippen LogP contribution in [-0.4, -0.2) is 11.1 Å². The molecule has 0 radical (unpaired) electrons. The molecule has 0 unspecified atom stereocenters. The van der Waals surface area contributed by atoms with Gasteiger partial charge in [0, 0.05) is 11.6 Å². The van der Waals surface area contributed by atoms with E-state index in [1.54, 1.807) is 30.3 Å². The van der Waals surface area contributed by atoms with Crippen molar-refractivity contribution in [2.24, 2.45) is 0 Å². The van der Waals surface area contributed by atoms with Crippen LogP contribution in [0.25, 0.3) is 17.4 Å². The smallest absolute Gasteiger partial charge is 0.290 e. The van der Waals surface area contributed by atoms with E-state index in [1.165, 1.54) is 6.08 Å². The quantitative estimate of drug-likeness (QED) is 0.813. The number of hydrogen-bond acceptors (Lipinski definition) is 4. The lowest BCUT2D eigenvalue weighted by Crippen LogP contribution is -2.17. The number of hydrogen-bond donors (Lipinski definition) is 1. The molecule has 4 nitrogen and oxygen atoms in total. The molecule has 0 spiro atoms. The molecule has 3 rings (SSSR count). The molecule has 1 saturated heterocycles. The molecular formula is C14H7Cl2NO3S. The molecule has 1 aromatic carbocycles. The van der Waals surface area contributed by atoms with E-state index in [1.807, 2.05) is 0 Å². The van der Waals surface area contributed by atoms with E-state index >= 15 is 0 Å². The van der Waals surface area contributed by atoms with Gasteiger partial charge in [0.1, 0.15) is 11.5 Å². The van der Waals surface area contributed by atoms with Gasteiger partial charge in [-0.05, 0) is 36.0 Å². The van der Waals surface area contributed by atoms with E-state index in [2.05, 4.69) is 5.32 Å². The first-order valence-corrected chi connectivity index (χ1v) is 7.41. The van der Waals surface area contributed by atoms with E-state index in [0.29, 0.717) is 27.1 Å². The Morgan fingerprint density at radius 3 is 2.67 bits per heavy atom. The Labute approximate surface area is 134 Å². The van der Waals surface area contributed by atoms with Crippen LogP contribution in [0, 0.1) is 0 Å². The zero-order chi connectivity index (χ0) is 15.0. The van der Waals surface area contributed by atoms with Gasteiger partial charge in [0.2, 0.25) is 0 Å². The maximum absolute atomic E-state index is 11.5. The second-order valence-electron chi connectivity index (χ2n) is 4.16. The lowest BCUT2D eigenvalue weighted by atomic mass is 10.2. The summed E-state index contributed by atoms with van der Waals surface area (Å²) < 4.78 is 5.63. The van der Waals surface area contributed by atoms with Crippen LogP contribution in [0.15, 0.2) is 39.7 Å². The van der Waals surface area contributed by atoms with Crippen molar-refractivity contribution < 1.29 is 14.0 Å². The highest BCUT2D eigenvalue weighted by Gasteiger charge is 2.25. The van der Waals surface area contributed by atoms with Crippen molar-refractivity contribution in [2.45, 2.75) is 0 Å². The average molecular weight is 340 g/mol. The number of thioether (sulfide) groups is 1. The summed E-state index contributed by atoms with van der Waals surface area (Å²) in [5.74, 6) is 0.557. The van der Waals surface area contributed by atoms with Crippen LogP contribution in [-0.2, 0) is 4.79 Å². The number of nitrogens with one attached hydrogen (secondary N) is 1. The fraction of sp³-hybridized carbons (Fsp3) is 0. The van der Waals surface area contributed by atoms with Crippen molar-refractivity contribution in [3.05, 3.63) is 51.0 Å². The summed E-state index contributed by atoms with van der Waals surface area (Å²) in [4.78, 5) is 22.8. The molecule has 1 fully saturated rings. The van der Waals surface area contributed by atoms with Crippen LogP contribution in [0.2, 0.25) is 10.0 Å². The number of carbonyl (C=O) groups excluding carboxylic acids is 2. The van der Waals surface area contributed by atoms with E-state index in [4.69, 9.17) is 27.6 Å². The SMILES string of the molecule is O=C1NC(=O)/C(=C/c2ccc(-c3cccc(Cl)c3Cl)o2)S1. The molecule has 1 aromatic heterocycles. The van der Waals surface area contributed by atoms with Gasteiger partial charge < -0.3 is 4.42 Å². The van der Waals surface area contributed by atoms with E-state index < -0.39 is 11.1 Å². The zero-order valence-corrected chi connectivity index (χ0v) is 12.7. The van der Waals surface area contributed by atoms with Crippen LogP contribution in [0.3, 0.4) is 0 Å². The second-order valence-corrected chi connectivity index (χ2v) is 5.96. The number of benzene rings is 1. The number of amides is 2. The Hall–Kier alpha value is -1.69. The predicted molar refractivity (Wildman–Crippen MR) is 83.3 cm³/mol. The first kappa shape index (κ1) is 14.3. The predicted octanol–water partition coefficient (Wildman–Crippen LogP) is 4.58. The van der Waals surface area contributed by atoms with Crippen molar-refractivity contribution in [3.8, 4) is 11.3 Å². The Morgan fingerprint density at radius 1 is 1.14 bits per heavy atom. The molecule has 0 aliphatic carbocycles. The molecule has 1 N–H and O–H groups in total. The highest BCUT2D eigenvalue weighted by molar-refractivity contribution is 8.18. The molecule has 2 aromatic rings. The first-order valence-electron chi connectivity index (χ1n) is 5.83. The van der Waals surface area contributed by atoms with Gasteiger partial charge in [-0.1, -0.05) is 29.3 Å². The van der Waals surface area contributed by atoms with Gasteiger partial charge in [0.15, 0.2) is 0 Å². The molecule has 1 aliphatic heterocycles. The Kier molecular flexibility index (Phi) is 3.80. The Bertz CT molecular complexity index is 782. The van der Waals surface area contributed by atoms with Gasteiger partial charge in [-0.25, -0.2) is 0 Å². The second kappa shape index (κ2) is 5.60. The van der Waals surface area contributed by atoms with Crippen molar-refractivity contribution in [1.29, 1.82) is 0 Å².